The minimum Gasteiger partial charge on any atom is -0.297 e. The number of nitrogens with zero attached hydrogens (tertiary/aromatic N) is 1. The molecule has 1 aromatic carbocycles. The number of hydrogen-bond donors (Lipinski definition) is 0. The van der Waals surface area contributed by atoms with E-state index in [2.05, 4.69) is 4.90 Å². The molecule has 3 heteroatoms. The molecule has 1 aromatic rings. The summed E-state index contributed by atoms with van der Waals surface area (Å²) in [4.78, 5) is 15.0. The van der Waals surface area contributed by atoms with Crippen molar-refractivity contribution < 1.29 is 9.18 Å². The summed E-state index contributed by atoms with van der Waals surface area (Å²) in [7, 11) is 0. The van der Waals surface area contributed by atoms with E-state index >= 15 is 0 Å². The molecule has 0 radical (unpaired) electrons. The zero-order chi connectivity index (χ0) is 14.8. The normalized spacial score (nSPS) is 18.8. The van der Waals surface area contributed by atoms with Gasteiger partial charge in [0.25, 0.3) is 0 Å². The zero-order valence-electron chi connectivity index (χ0n) is 12.7. The van der Waals surface area contributed by atoms with Crippen molar-refractivity contribution in [2.45, 2.75) is 46.1 Å². The van der Waals surface area contributed by atoms with Crippen molar-refractivity contribution in [2.75, 3.05) is 13.1 Å². The molecule has 0 aromatic heterocycles. The molecule has 1 atom stereocenters. The number of Topliss-reactive ketones (excluding diaryl/α,β-unsaturated/α-hetero) is 1. The van der Waals surface area contributed by atoms with Crippen molar-refractivity contribution in [3.8, 4) is 0 Å². The van der Waals surface area contributed by atoms with Gasteiger partial charge in [0.15, 0.2) is 5.78 Å². The predicted octanol–water partition coefficient (Wildman–Crippen LogP) is 3.97. The Morgan fingerprint density at radius 2 is 1.75 bits per heavy atom. The van der Waals surface area contributed by atoms with Gasteiger partial charge in [0.05, 0.1) is 6.04 Å². The molecule has 0 N–H and O–H groups in total. The van der Waals surface area contributed by atoms with E-state index in [-0.39, 0.29) is 11.6 Å². The van der Waals surface area contributed by atoms with E-state index < -0.39 is 11.5 Å². The minimum absolute atomic E-state index is 0.101. The van der Waals surface area contributed by atoms with Crippen LogP contribution in [0.15, 0.2) is 24.3 Å². The SMILES string of the molecule is CC(C)(C)C(=O)[C@@H](c1ccccc1F)N1CCCCC1. The van der Waals surface area contributed by atoms with Crippen molar-refractivity contribution in [3.63, 3.8) is 0 Å². The molecule has 0 unspecified atom stereocenters. The monoisotopic (exact) mass is 277 g/mol. The van der Waals surface area contributed by atoms with Gasteiger partial charge in [-0.25, -0.2) is 4.39 Å². The molecule has 0 aliphatic carbocycles. The Balaban J connectivity index is 2.38. The number of rotatable bonds is 3. The molecule has 1 fully saturated rings. The fraction of sp³-hybridized carbons (Fsp3) is 0.588. The molecule has 1 saturated heterocycles. The first kappa shape index (κ1) is 15.2. The summed E-state index contributed by atoms with van der Waals surface area (Å²) in [5, 5.41) is 0. The number of piperidine rings is 1. The van der Waals surface area contributed by atoms with Gasteiger partial charge in [0.1, 0.15) is 5.82 Å². The molecule has 1 heterocycles. The van der Waals surface area contributed by atoms with E-state index in [9.17, 15) is 9.18 Å². The average Bonchev–Trinajstić information content (AvgIpc) is 2.41. The quantitative estimate of drug-likeness (QED) is 0.833. The summed E-state index contributed by atoms with van der Waals surface area (Å²) in [6, 6.07) is 6.23. The van der Waals surface area contributed by atoms with Crippen LogP contribution in [-0.2, 0) is 4.79 Å². The Hall–Kier alpha value is -1.22. The molecule has 0 spiro atoms. The van der Waals surface area contributed by atoms with Gasteiger partial charge in [0.2, 0.25) is 0 Å². The van der Waals surface area contributed by atoms with Crippen LogP contribution >= 0.6 is 0 Å². The summed E-state index contributed by atoms with van der Waals surface area (Å²) in [5.74, 6) is -0.176. The summed E-state index contributed by atoms with van der Waals surface area (Å²) >= 11 is 0. The van der Waals surface area contributed by atoms with Crippen molar-refractivity contribution in [1.82, 2.24) is 4.90 Å². The molecule has 0 amide bonds. The smallest absolute Gasteiger partial charge is 0.159 e. The Labute approximate surface area is 121 Å². The number of halogens is 1. The summed E-state index contributed by atoms with van der Waals surface area (Å²) in [6.45, 7) is 7.48. The third kappa shape index (κ3) is 3.26. The zero-order valence-corrected chi connectivity index (χ0v) is 12.7. The number of benzene rings is 1. The van der Waals surface area contributed by atoms with Crippen LogP contribution in [0.1, 0.15) is 51.6 Å². The lowest BCUT2D eigenvalue weighted by Gasteiger charge is -2.37. The lowest BCUT2D eigenvalue weighted by molar-refractivity contribution is -0.132. The number of ketones is 1. The highest BCUT2D eigenvalue weighted by Gasteiger charge is 2.36. The van der Waals surface area contributed by atoms with Gasteiger partial charge >= 0.3 is 0 Å². The maximum Gasteiger partial charge on any atom is 0.159 e. The van der Waals surface area contributed by atoms with Crippen molar-refractivity contribution in [2.24, 2.45) is 5.41 Å². The molecule has 0 bridgehead atoms. The van der Waals surface area contributed by atoms with Crippen LogP contribution < -0.4 is 0 Å². The number of hydrogen-bond acceptors (Lipinski definition) is 2. The van der Waals surface area contributed by atoms with Gasteiger partial charge in [-0.15, -0.1) is 0 Å². The number of carbonyl (C=O) groups excluding carboxylic acids is 1. The van der Waals surface area contributed by atoms with E-state index in [4.69, 9.17) is 0 Å². The highest BCUT2D eigenvalue weighted by Crippen LogP contribution is 2.33. The summed E-state index contributed by atoms with van der Waals surface area (Å²) in [5.41, 5.74) is 0.0547. The van der Waals surface area contributed by atoms with E-state index in [1.807, 2.05) is 26.8 Å². The molecule has 20 heavy (non-hydrogen) atoms. The lowest BCUT2D eigenvalue weighted by atomic mass is 9.82. The molecular weight excluding hydrogens is 253 g/mol. The molecule has 2 nitrogen and oxygen atoms in total. The Morgan fingerprint density at radius 3 is 2.30 bits per heavy atom. The summed E-state index contributed by atoms with van der Waals surface area (Å²) in [6.07, 6.45) is 3.37. The maximum absolute atomic E-state index is 14.2. The third-order valence-corrected chi connectivity index (χ3v) is 3.94. The van der Waals surface area contributed by atoms with Gasteiger partial charge < -0.3 is 0 Å². The highest BCUT2D eigenvalue weighted by molar-refractivity contribution is 5.89. The second-order valence-electron chi connectivity index (χ2n) is 6.63. The van der Waals surface area contributed by atoms with Gasteiger partial charge in [-0.1, -0.05) is 45.4 Å². The minimum atomic E-state index is -0.468. The van der Waals surface area contributed by atoms with Crippen LogP contribution in [0.2, 0.25) is 0 Å². The molecule has 110 valence electrons. The van der Waals surface area contributed by atoms with Gasteiger partial charge in [0, 0.05) is 11.0 Å². The first-order chi connectivity index (χ1) is 9.41. The maximum atomic E-state index is 14.2. The van der Waals surface area contributed by atoms with Crippen LogP contribution in [0, 0.1) is 11.2 Å². The topological polar surface area (TPSA) is 20.3 Å². The van der Waals surface area contributed by atoms with Gasteiger partial charge in [-0.05, 0) is 32.0 Å². The number of likely N-dealkylation sites (tertiary alicyclic amines) is 1. The molecule has 2 rings (SSSR count). The fourth-order valence-electron chi connectivity index (χ4n) is 2.79. The largest absolute Gasteiger partial charge is 0.297 e. The van der Waals surface area contributed by atoms with Crippen LogP contribution in [-0.4, -0.2) is 23.8 Å². The van der Waals surface area contributed by atoms with E-state index in [0.717, 1.165) is 25.9 Å². The number of carbonyl (C=O) groups is 1. The van der Waals surface area contributed by atoms with Gasteiger partial charge in [-0.2, -0.15) is 0 Å². The predicted molar refractivity (Wildman–Crippen MR) is 79.0 cm³/mol. The van der Waals surface area contributed by atoms with Crippen LogP contribution in [0.25, 0.3) is 0 Å². The molecule has 1 aliphatic rings. The van der Waals surface area contributed by atoms with Gasteiger partial charge in [-0.3, -0.25) is 9.69 Å². The summed E-state index contributed by atoms with van der Waals surface area (Å²) < 4.78 is 14.2. The molecule has 1 aliphatic heterocycles. The van der Waals surface area contributed by atoms with Crippen molar-refractivity contribution in [1.29, 1.82) is 0 Å². The van der Waals surface area contributed by atoms with E-state index in [1.165, 1.54) is 12.5 Å². The van der Waals surface area contributed by atoms with Crippen LogP contribution in [0.5, 0.6) is 0 Å². The first-order valence-corrected chi connectivity index (χ1v) is 7.44. The molecular formula is C17H24FNO. The molecule has 0 saturated carbocycles. The van der Waals surface area contributed by atoms with Crippen molar-refractivity contribution in [3.05, 3.63) is 35.6 Å². The van der Waals surface area contributed by atoms with Crippen LogP contribution in [0.4, 0.5) is 4.39 Å². The van der Waals surface area contributed by atoms with Crippen molar-refractivity contribution >= 4 is 5.78 Å². The lowest BCUT2D eigenvalue weighted by Crippen LogP contribution is -2.42. The Kier molecular flexibility index (Phi) is 4.59. The van der Waals surface area contributed by atoms with E-state index in [1.54, 1.807) is 12.1 Å². The Morgan fingerprint density at radius 1 is 1.15 bits per heavy atom. The Bertz CT molecular complexity index is 472. The highest BCUT2D eigenvalue weighted by atomic mass is 19.1. The van der Waals surface area contributed by atoms with Crippen LogP contribution in [0.3, 0.4) is 0 Å². The second-order valence-corrected chi connectivity index (χ2v) is 6.63. The fourth-order valence-corrected chi connectivity index (χ4v) is 2.79. The third-order valence-electron chi connectivity index (χ3n) is 3.94. The van der Waals surface area contributed by atoms with E-state index in [0.29, 0.717) is 5.56 Å². The first-order valence-electron chi connectivity index (χ1n) is 7.44. The second kappa shape index (κ2) is 6.04. The average molecular weight is 277 g/mol. The standard InChI is InChI=1S/C17H24FNO/c1-17(2,3)16(20)15(19-11-7-4-8-12-19)13-9-5-6-10-14(13)18/h5-6,9-10,15H,4,7-8,11-12H2,1-3H3/t15-/m1/s1.